The number of aryl methyl sites for hydroxylation is 3. The van der Waals surface area contributed by atoms with Crippen LogP contribution in [0, 0.1) is 13.8 Å². The average Bonchev–Trinajstić information content (AvgIpc) is 2.90. The first-order chi connectivity index (χ1) is 12.0. The first kappa shape index (κ1) is 17.2. The molecule has 0 atom stereocenters. The lowest BCUT2D eigenvalue weighted by molar-refractivity contribution is -0.134. The van der Waals surface area contributed by atoms with Gasteiger partial charge in [0.25, 0.3) is 5.56 Å². The fraction of sp³-hybridized carbons (Fsp3) is 0.278. The number of fused-ring (bicyclic) bond motifs is 1. The number of aromatic nitrogens is 2. The fourth-order valence-electron chi connectivity index (χ4n) is 2.52. The number of thiophene rings is 1. The van der Waals surface area contributed by atoms with Gasteiger partial charge in [0.05, 0.1) is 25.2 Å². The molecule has 0 unspecified atom stereocenters. The Hall–Kier alpha value is -2.67. The standard InChI is InChI=1S/C18H18N2O4S/c1-11-12(2)25-17-16(11)18(22)20(10-19-17)9-8-15(21)24-14-7-5-4-6-13(14)23-3/h4-7,10H,8-9H2,1-3H3. The Morgan fingerprint density at radius 1 is 1.24 bits per heavy atom. The van der Waals surface area contributed by atoms with Crippen molar-refractivity contribution in [1.82, 2.24) is 9.55 Å². The Kier molecular flexibility index (Phi) is 4.85. The van der Waals surface area contributed by atoms with Gasteiger partial charge < -0.3 is 9.47 Å². The van der Waals surface area contributed by atoms with Crippen molar-refractivity contribution in [2.45, 2.75) is 26.8 Å². The molecule has 2 aromatic heterocycles. The van der Waals surface area contributed by atoms with Gasteiger partial charge in [-0.2, -0.15) is 0 Å². The van der Waals surface area contributed by atoms with Crippen LogP contribution in [-0.4, -0.2) is 22.6 Å². The molecule has 3 rings (SSSR count). The molecule has 0 aliphatic heterocycles. The molecule has 0 aliphatic carbocycles. The van der Waals surface area contributed by atoms with Gasteiger partial charge in [-0.05, 0) is 31.5 Å². The molecular formula is C18H18N2O4S. The molecule has 6 nitrogen and oxygen atoms in total. The molecule has 7 heteroatoms. The Morgan fingerprint density at radius 3 is 2.68 bits per heavy atom. The third-order valence-electron chi connectivity index (χ3n) is 4.01. The zero-order valence-corrected chi connectivity index (χ0v) is 15.1. The van der Waals surface area contributed by atoms with Crippen LogP contribution >= 0.6 is 11.3 Å². The van der Waals surface area contributed by atoms with Gasteiger partial charge in [-0.3, -0.25) is 14.2 Å². The van der Waals surface area contributed by atoms with Crippen LogP contribution in [0.4, 0.5) is 0 Å². The number of carbonyl (C=O) groups excluding carboxylic acids is 1. The molecule has 3 aromatic rings. The van der Waals surface area contributed by atoms with Crippen LogP contribution in [0.5, 0.6) is 11.5 Å². The minimum absolute atomic E-state index is 0.0628. The molecule has 0 aliphatic rings. The zero-order valence-electron chi connectivity index (χ0n) is 14.2. The predicted octanol–water partition coefficient (Wildman–Crippen LogP) is 3.08. The van der Waals surface area contributed by atoms with Crippen LogP contribution in [0.2, 0.25) is 0 Å². The van der Waals surface area contributed by atoms with E-state index in [-0.39, 0.29) is 18.5 Å². The third kappa shape index (κ3) is 3.41. The van der Waals surface area contributed by atoms with Crippen molar-refractivity contribution in [3.8, 4) is 11.5 Å². The van der Waals surface area contributed by atoms with Crippen LogP contribution in [0.1, 0.15) is 16.9 Å². The van der Waals surface area contributed by atoms with E-state index in [2.05, 4.69) is 4.98 Å². The Labute approximate surface area is 148 Å². The molecule has 0 saturated heterocycles. The summed E-state index contributed by atoms with van der Waals surface area (Å²) in [6.45, 7) is 4.09. The normalized spacial score (nSPS) is 10.8. The molecule has 25 heavy (non-hydrogen) atoms. The summed E-state index contributed by atoms with van der Waals surface area (Å²) < 4.78 is 11.9. The van der Waals surface area contributed by atoms with Gasteiger partial charge in [0.1, 0.15) is 4.83 Å². The van der Waals surface area contributed by atoms with Crippen LogP contribution in [0.15, 0.2) is 35.4 Å². The Morgan fingerprint density at radius 2 is 1.96 bits per heavy atom. The second-order valence-corrected chi connectivity index (χ2v) is 6.78. The van der Waals surface area contributed by atoms with Crippen LogP contribution in [-0.2, 0) is 11.3 Å². The summed E-state index contributed by atoms with van der Waals surface area (Å²) >= 11 is 1.50. The van der Waals surface area contributed by atoms with E-state index in [1.807, 2.05) is 13.8 Å². The van der Waals surface area contributed by atoms with Crippen molar-refractivity contribution < 1.29 is 14.3 Å². The number of carbonyl (C=O) groups is 1. The number of hydrogen-bond donors (Lipinski definition) is 0. The van der Waals surface area contributed by atoms with Crippen molar-refractivity contribution in [3.05, 3.63) is 51.4 Å². The Balaban J connectivity index is 1.74. The van der Waals surface area contributed by atoms with Crippen molar-refractivity contribution in [1.29, 1.82) is 0 Å². The van der Waals surface area contributed by atoms with E-state index in [1.165, 1.54) is 29.3 Å². The number of ether oxygens (including phenoxy) is 2. The van der Waals surface area contributed by atoms with Crippen LogP contribution in [0.3, 0.4) is 0 Å². The number of rotatable bonds is 5. The highest BCUT2D eigenvalue weighted by Gasteiger charge is 2.14. The first-order valence-electron chi connectivity index (χ1n) is 7.80. The lowest BCUT2D eigenvalue weighted by Crippen LogP contribution is -2.23. The maximum atomic E-state index is 12.6. The first-order valence-corrected chi connectivity index (χ1v) is 8.61. The fourth-order valence-corrected chi connectivity index (χ4v) is 3.51. The van der Waals surface area contributed by atoms with Gasteiger partial charge in [-0.15, -0.1) is 11.3 Å². The molecule has 0 saturated carbocycles. The smallest absolute Gasteiger partial charge is 0.313 e. The third-order valence-corrected chi connectivity index (χ3v) is 5.12. The molecule has 0 bridgehead atoms. The minimum atomic E-state index is -0.435. The number of esters is 1. The molecule has 0 amide bonds. The van der Waals surface area contributed by atoms with E-state index < -0.39 is 5.97 Å². The van der Waals surface area contributed by atoms with Crippen LogP contribution in [0.25, 0.3) is 10.2 Å². The molecule has 2 heterocycles. The number of hydrogen-bond acceptors (Lipinski definition) is 6. The highest BCUT2D eigenvalue weighted by molar-refractivity contribution is 7.18. The molecule has 0 N–H and O–H groups in total. The highest BCUT2D eigenvalue weighted by atomic mass is 32.1. The quantitative estimate of drug-likeness (QED) is 0.518. The summed E-state index contributed by atoms with van der Waals surface area (Å²) in [7, 11) is 1.51. The number of methoxy groups -OCH3 is 1. The monoisotopic (exact) mass is 358 g/mol. The van der Waals surface area contributed by atoms with E-state index in [4.69, 9.17) is 9.47 Å². The van der Waals surface area contributed by atoms with Gasteiger partial charge in [-0.1, -0.05) is 12.1 Å². The van der Waals surface area contributed by atoms with Crippen molar-refractivity contribution >= 4 is 27.5 Å². The lowest BCUT2D eigenvalue weighted by Gasteiger charge is -2.09. The maximum Gasteiger partial charge on any atom is 0.313 e. The zero-order chi connectivity index (χ0) is 18.0. The molecule has 130 valence electrons. The van der Waals surface area contributed by atoms with Gasteiger partial charge in [0.2, 0.25) is 0 Å². The van der Waals surface area contributed by atoms with Gasteiger partial charge >= 0.3 is 5.97 Å². The molecular weight excluding hydrogens is 340 g/mol. The van der Waals surface area contributed by atoms with E-state index in [1.54, 1.807) is 24.3 Å². The van der Waals surface area contributed by atoms with Gasteiger partial charge in [-0.25, -0.2) is 4.98 Å². The molecule has 0 fully saturated rings. The van der Waals surface area contributed by atoms with E-state index >= 15 is 0 Å². The van der Waals surface area contributed by atoms with E-state index in [0.29, 0.717) is 16.9 Å². The van der Waals surface area contributed by atoms with Gasteiger partial charge in [0.15, 0.2) is 11.5 Å². The second kappa shape index (κ2) is 7.06. The number of para-hydroxylation sites is 2. The summed E-state index contributed by atoms with van der Waals surface area (Å²) in [6.07, 6.45) is 1.55. The lowest BCUT2D eigenvalue weighted by atomic mass is 10.2. The second-order valence-electron chi connectivity index (χ2n) is 5.58. The van der Waals surface area contributed by atoms with E-state index in [9.17, 15) is 9.59 Å². The van der Waals surface area contributed by atoms with E-state index in [0.717, 1.165) is 15.3 Å². The number of benzene rings is 1. The molecule has 0 radical (unpaired) electrons. The van der Waals surface area contributed by atoms with Crippen molar-refractivity contribution in [3.63, 3.8) is 0 Å². The van der Waals surface area contributed by atoms with Gasteiger partial charge in [0, 0.05) is 11.4 Å². The topological polar surface area (TPSA) is 70.4 Å². The summed E-state index contributed by atoms with van der Waals surface area (Å²) in [6, 6.07) is 6.93. The average molecular weight is 358 g/mol. The number of nitrogens with zero attached hydrogens (tertiary/aromatic N) is 2. The summed E-state index contributed by atoms with van der Waals surface area (Å²) in [4.78, 5) is 30.8. The minimum Gasteiger partial charge on any atom is -0.493 e. The van der Waals surface area contributed by atoms with Crippen molar-refractivity contribution in [2.75, 3.05) is 7.11 Å². The maximum absolute atomic E-state index is 12.6. The van der Waals surface area contributed by atoms with Crippen LogP contribution < -0.4 is 15.0 Å². The SMILES string of the molecule is COc1ccccc1OC(=O)CCn1cnc2sc(C)c(C)c2c1=O. The largest absolute Gasteiger partial charge is 0.493 e. The summed E-state index contributed by atoms with van der Waals surface area (Å²) in [5.41, 5.74) is 0.820. The Bertz CT molecular complexity index is 990. The highest BCUT2D eigenvalue weighted by Crippen LogP contribution is 2.27. The summed E-state index contributed by atoms with van der Waals surface area (Å²) in [5.74, 6) is 0.412. The molecule has 0 spiro atoms. The van der Waals surface area contributed by atoms with Crippen molar-refractivity contribution in [2.24, 2.45) is 0 Å². The summed E-state index contributed by atoms with van der Waals surface area (Å²) in [5, 5.41) is 0.628. The predicted molar refractivity (Wildman–Crippen MR) is 96.6 cm³/mol. The molecule has 1 aromatic carbocycles.